The van der Waals surface area contributed by atoms with Crippen LogP contribution in [0.5, 0.6) is 5.75 Å². The molecule has 0 aromatic heterocycles. The van der Waals surface area contributed by atoms with Crippen molar-refractivity contribution in [2.24, 2.45) is 0 Å². The van der Waals surface area contributed by atoms with Crippen LogP contribution in [0.1, 0.15) is 24.0 Å². The third-order valence-electron chi connectivity index (χ3n) is 5.54. The molecule has 2 aromatic rings. The molecule has 0 radical (unpaired) electrons. The van der Waals surface area contributed by atoms with Crippen molar-refractivity contribution in [3.05, 3.63) is 63.0 Å². The van der Waals surface area contributed by atoms with Crippen molar-refractivity contribution in [2.75, 3.05) is 31.6 Å². The quantitative estimate of drug-likeness (QED) is 0.506. The van der Waals surface area contributed by atoms with Crippen LogP contribution in [-0.4, -0.2) is 59.0 Å². The lowest BCUT2D eigenvalue weighted by atomic mass is 10.2. The Morgan fingerprint density at radius 2 is 1.91 bits per heavy atom. The summed E-state index contributed by atoms with van der Waals surface area (Å²) >= 11 is 4.18. The fourth-order valence-corrected chi connectivity index (χ4v) is 5.01. The van der Waals surface area contributed by atoms with Gasteiger partial charge in [-0.2, -0.15) is 0 Å². The van der Waals surface area contributed by atoms with E-state index in [1.54, 1.807) is 35.2 Å². The van der Waals surface area contributed by atoms with Gasteiger partial charge >= 0.3 is 0 Å². The minimum Gasteiger partial charge on any atom is -0.483 e. The first-order valence-electron chi connectivity index (χ1n) is 11.1. The van der Waals surface area contributed by atoms with Gasteiger partial charge in [0.2, 0.25) is 5.91 Å². The van der Waals surface area contributed by atoms with Gasteiger partial charge in [-0.1, -0.05) is 28.1 Å². The number of rotatable bonds is 7. The van der Waals surface area contributed by atoms with Gasteiger partial charge in [-0.3, -0.25) is 24.1 Å². The summed E-state index contributed by atoms with van der Waals surface area (Å²) in [7, 11) is 0. The molecule has 0 unspecified atom stereocenters. The van der Waals surface area contributed by atoms with Gasteiger partial charge in [-0.05, 0) is 73.5 Å². The van der Waals surface area contributed by atoms with Crippen LogP contribution in [0.4, 0.5) is 10.5 Å². The van der Waals surface area contributed by atoms with Gasteiger partial charge in [0.05, 0.1) is 4.91 Å². The average molecular weight is 558 g/mol. The predicted molar refractivity (Wildman–Crippen MR) is 138 cm³/mol. The molecule has 35 heavy (non-hydrogen) atoms. The van der Waals surface area contributed by atoms with E-state index in [1.165, 1.54) is 0 Å². The van der Waals surface area contributed by atoms with Crippen molar-refractivity contribution in [1.82, 2.24) is 9.80 Å². The number of halogens is 1. The SMILES string of the molecule is Cc1cccc(NC(=O)COc2ccc(Br)cc2/C=C2\SC(=O)N(CC(=O)N3CCCC3)C2=O)c1. The highest BCUT2D eigenvalue weighted by Crippen LogP contribution is 2.35. The summed E-state index contributed by atoms with van der Waals surface area (Å²) in [5.41, 5.74) is 2.22. The molecule has 4 rings (SSSR count). The molecule has 2 aliphatic rings. The number of nitrogens with one attached hydrogen (secondary N) is 1. The van der Waals surface area contributed by atoms with Crippen molar-refractivity contribution in [3.63, 3.8) is 0 Å². The maximum Gasteiger partial charge on any atom is 0.294 e. The van der Waals surface area contributed by atoms with Gasteiger partial charge in [0.15, 0.2) is 6.61 Å². The second-order valence-electron chi connectivity index (χ2n) is 8.24. The molecule has 10 heteroatoms. The summed E-state index contributed by atoms with van der Waals surface area (Å²) < 4.78 is 6.47. The molecule has 2 fully saturated rings. The normalized spacial score (nSPS) is 16.8. The number of hydrogen-bond donors (Lipinski definition) is 1. The van der Waals surface area contributed by atoms with E-state index < -0.39 is 11.1 Å². The Bertz CT molecular complexity index is 1210. The highest BCUT2D eigenvalue weighted by molar-refractivity contribution is 9.10. The van der Waals surface area contributed by atoms with E-state index in [9.17, 15) is 19.2 Å². The Morgan fingerprint density at radius 1 is 1.14 bits per heavy atom. The second-order valence-corrected chi connectivity index (χ2v) is 10.2. The Kier molecular flexibility index (Phi) is 7.92. The number of imide groups is 1. The molecule has 182 valence electrons. The zero-order valence-corrected chi connectivity index (χ0v) is 21.5. The number of carbonyl (C=O) groups excluding carboxylic acids is 4. The van der Waals surface area contributed by atoms with Crippen molar-refractivity contribution in [3.8, 4) is 5.75 Å². The van der Waals surface area contributed by atoms with E-state index in [0.717, 1.165) is 39.5 Å². The predicted octanol–water partition coefficient (Wildman–Crippen LogP) is 4.43. The van der Waals surface area contributed by atoms with E-state index in [0.29, 0.717) is 30.1 Å². The van der Waals surface area contributed by atoms with Crippen LogP contribution in [0, 0.1) is 6.92 Å². The van der Waals surface area contributed by atoms with Gasteiger partial charge in [-0.25, -0.2) is 0 Å². The fourth-order valence-electron chi connectivity index (χ4n) is 3.81. The molecule has 4 amide bonds. The Hall–Kier alpha value is -3.11. The standard InChI is InChI=1S/C25H24BrN3O5S/c1-16-5-4-6-19(11-16)27-22(30)15-34-20-8-7-18(26)12-17(20)13-21-24(32)29(25(33)35-21)14-23(31)28-9-2-3-10-28/h4-8,11-13H,2-3,9-10,14-15H2,1H3,(H,27,30)/b21-13-. The largest absolute Gasteiger partial charge is 0.483 e. The number of ether oxygens (including phenoxy) is 1. The van der Waals surface area contributed by atoms with Crippen LogP contribution >= 0.6 is 27.7 Å². The molecule has 0 bridgehead atoms. The number of aryl methyl sites for hydroxylation is 1. The van der Waals surface area contributed by atoms with Crippen molar-refractivity contribution >= 4 is 62.4 Å². The molecule has 0 atom stereocenters. The number of hydrogen-bond acceptors (Lipinski definition) is 6. The van der Waals surface area contributed by atoms with Gasteiger partial charge in [0.1, 0.15) is 12.3 Å². The van der Waals surface area contributed by atoms with Gasteiger partial charge in [0.25, 0.3) is 17.1 Å². The average Bonchev–Trinajstić information content (AvgIpc) is 3.44. The summed E-state index contributed by atoms with van der Waals surface area (Å²) in [5, 5.41) is 2.30. The molecule has 2 aromatic carbocycles. The highest BCUT2D eigenvalue weighted by atomic mass is 79.9. The molecule has 0 saturated carbocycles. The zero-order chi connectivity index (χ0) is 24.9. The Labute approximate surface area is 215 Å². The third kappa shape index (κ3) is 6.32. The summed E-state index contributed by atoms with van der Waals surface area (Å²) in [4.78, 5) is 53.0. The Balaban J connectivity index is 1.44. The minimum absolute atomic E-state index is 0.191. The van der Waals surface area contributed by atoms with Gasteiger partial charge in [0, 0.05) is 28.8 Å². The lowest BCUT2D eigenvalue weighted by Crippen LogP contribution is -2.40. The van der Waals surface area contributed by atoms with E-state index in [4.69, 9.17) is 4.74 Å². The smallest absolute Gasteiger partial charge is 0.294 e. The first-order valence-corrected chi connectivity index (χ1v) is 12.7. The molecular formula is C25H24BrN3O5S. The maximum atomic E-state index is 12.9. The lowest BCUT2D eigenvalue weighted by Gasteiger charge is -2.18. The number of likely N-dealkylation sites (tertiary alicyclic amines) is 1. The van der Waals surface area contributed by atoms with Crippen molar-refractivity contribution in [1.29, 1.82) is 0 Å². The first-order chi connectivity index (χ1) is 16.8. The molecule has 2 saturated heterocycles. The number of carbonyl (C=O) groups is 4. The van der Waals surface area contributed by atoms with Crippen molar-refractivity contribution < 1.29 is 23.9 Å². The van der Waals surface area contributed by atoms with E-state index in [1.807, 2.05) is 25.1 Å². The number of amides is 4. The molecule has 2 heterocycles. The summed E-state index contributed by atoms with van der Waals surface area (Å²) in [6.07, 6.45) is 3.41. The van der Waals surface area contributed by atoms with Crippen LogP contribution < -0.4 is 10.1 Å². The molecule has 0 spiro atoms. The molecule has 0 aliphatic carbocycles. The fraction of sp³-hybridized carbons (Fsp3) is 0.280. The van der Waals surface area contributed by atoms with Crippen LogP contribution in [0.2, 0.25) is 0 Å². The maximum absolute atomic E-state index is 12.9. The van der Waals surface area contributed by atoms with Gasteiger partial charge in [-0.15, -0.1) is 0 Å². The van der Waals surface area contributed by atoms with Gasteiger partial charge < -0.3 is 15.0 Å². The number of nitrogens with zero attached hydrogens (tertiary/aromatic N) is 2. The highest BCUT2D eigenvalue weighted by Gasteiger charge is 2.37. The summed E-state index contributed by atoms with van der Waals surface area (Å²) in [6, 6.07) is 12.6. The van der Waals surface area contributed by atoms with Crippen LogP contribution in [0.3, 0.4) is 0 Å². The zero-order valence-electron chi connectivity index (χ0n) is 19.1. The van der Waals surface area contributed by atoms with E-state index in [2.05, 4.69) is 21.2 Å². The lowest BCUT2D eigenvalue weighted by molar-refractivity contribution is -0.135. The van der Waals surface area contributed by atoms with E-state index >= 15 is 0 Å². The van der Waals surface area contributed by atoms with Crippen LogP contribution in [-0.2, 0) is 14.4 Å². The Morgan fingerprint density at radius 3 is 2.66 bits per heavy atom. The first kappa shape index (κ1) is 25.0. The molecule has 8 nitrogen and oxygen atoms in total. The number of benzene rings is 2. The number of anilines is 1. The van der Waals surface area contributed by atoms with Crippen LogP contribution in [0.25, 0.3) is 6.08 Å². The van der Waals surface area contributed by atoms with E-state index in [-0.39, 0.29) is 29.9 Å². The second kappa shape index (κ2) is 11.1. The number of thioether (sulfide) groups is 1. The molecule has 2 aliphatic heterocycles. The van der Waals surface area contributed by atoms with Crippen molar-refractivity contribution in [2.45, 2.75) is 19.8 Å². The molecule has 1 N–H and O–H groups in total. The molecular weight excluding hydrogens is 534 g/mol. The topological polar surface area (TPSA) is 96.0 Å². The third-order valence-corrected chi connectivity index (χ3v) is 6.95. The summed E-state index contributed by atoms with van der Waals surface area (Å²) in [5.74, 6) is -0.689. The monoisotopic (exact) mass is 557 g/mol. The minimum atomic E-state index is -0.518. The van der Waals surface area contributed by atoms with Crippen LogP contribution in [0.15, 0.2) is 51.8 Å². The summed E-state index contributed by atoms with van der Waals surface area (Å²) in [6.45, 7) is 2.75.